The van der Waals surface area contributed by atoms with Crippen molar-refractivity contribution >= 4 is 26.7 Å². The van der Waals surface area contributed by atoms with E-state index in [4.69, 9.17) is 0 Å². The zero-order chi connectivity index (χ0) is 19.3. The summed E-state index contributed by atoms with van der Waals surface area (Å²) in [6.45, 7) is 1.13. The first-order valence-electron chi connectivity index (χ1n) is 7.69. The third-order valence-electron chi connectivity index (χ3n) is 3.75. The smallest absolute Gasteiger partial charge is 0.223 e. The molecule has 0 aliphatic heterocycles. The maximum absolute atomic E-state index is 11.1. The summed E-state index contributed by atoms with van der Waals surface area (Å²) in [7, 11) is -4.79. The number of H-pyrrole nitrogens is 1. The van der Waals surface area contributed by atoms with Crippen molar-refractivity contribution in [1.29, 1.82) is 0 Å². The molecule has 0 fully saturated rings. The second kappa shape index (κ2) is 8.09. The number of aryl methyl sites for hydroxylation is 1. The summed E-state index contributed by atoms with van der Waals surface area (Å²) < 4.78 is 33.4. The van der Waals surface area contributed by atoms with Gasteiger partial charge in [-0.05, 0) is 25.1 Å². The van der Waals surface area contributed by atoms with E-state index in [2.05, 4.69) is 29.8 Å². The number of nitro groups is 1. The first kappa shape index (κ1) is 19.6. The summed E-state index contributed by atoms with van der Waals surface area (Å²) in [4.78, 5) is 12.5. The maximum atomic E-state index is 11.1. The highest BCUT2D eigenvalue weighted by Gasteiger charge is 2.27. The number of benzene rings is 2. The molecule has 1 aromatic heterocycles. The van der Waals surface area contributed by atoms with Crippen molar-refractivity contribution in [2.75, 3.05) is 6.54 Å². The Labute approximate surface area is 150 Å². The molecule has 0 saturated carbocycles. The number of quaternary nitrogens is 1. The van der Waals surface area contributed by atoms with Crippen LogP contribution in [0.4, 0.5) is 5.69 Å². The monoisotopic (exact) mass is 377 g/mol. The van der Waals surface area contributed by atoms with Gasteiger partial charge in [0.25, 0.3) is 0 Å². The number of rotatable bonds is 4. The van der Waals surface area contributed by atoms with Gasteiger partial charge in [-0.1, -0.05) is 35.9 Å². The molecule has 1 heterocycles. The van der Waals surface area contributed by atoms with Crippen LogP contribution in [0.25, 0.3) is 10.9 Å². The van der Waals surface area contributed by atoms with Gasteiger partial charge in [-0.25, -0.2) is 8.42 Å². The van der Waals surface area contributed by atoms with Crippen molar-refractivity contribution in [2.24, 2.45) is 0 Å². The second-order valence-corrected chi connectivity index (χ2v) is 7.33. The quantitative estimate of drug-likeness (QED) is 0.405. The standard InChI is InChI=1S/C10H10N2O5S.C7H9N/c13-12(14)6-10(18(15,16)17)8-5-11-9-4-2-1-3-7(8)9;1-6-2-4-7(8)5-3-6/h1-5,10-11H,6H2,(H,15,16,17);2-5H,8H2,1H3. The minimum absolute atomic E-state index is 0.136. The number of hydrogen-bond acceptors (Lipinski definition) is 5. The Hall–Kier alpha value is -2.75. The van der Waals surface area contributed by atoms with E-state index in [-0.39, 0.29) is 5.56 Å². The van der Waals surface area contributed by atoms with Gasteiger partial charge in [0.2, 0.25) is 6.54 Å². The lowest BCUT2D eigenvalue weighted by Crippen LogP contribution is -2.39. The largest absolute Gasteiger partial charge is 0.747 e. The molecule has 8 nitrogen and oxygen atoms in total. The van der Waals surface area contributed by atoms with Crippen LogP contribution in [0.5, 0.6) is 0 Å². The van der Waals surface area contributed by atoms with Crippen LogP contribution in [-0.2, 0) is 10.1 Å². The van der Waals surface area contributed by atoms with Crippen LogP contribution < -0.4 is 5.73 Å². The van der Waals surface area contributed by atoms with E-state index >= 15 is 0 Å². The van der Waals surface area contributed by atoms with Crippen LogP contribution in [0.15, 0.2) is 54.7 Å². The van der Waals surface area contributed by atoms with Gasteiger partial charge in [0, 0.05) is 27.6 Å². The van der Waals surface area contributed by atoms with Crippen molar-refractivity contribution in [3.05, 3.63) is 76.0 Å². The molecule has 0 saturated heterocycles. The van der Waals surface area contributed by atoms with Crippen LogP contribution in [0.1, 0.15) is 16.4 Å². The van der Waals surface area contributed by atoms with Gasteiger partial charge in [0.1, 0.15) is 21.1 Å². The molecule has 26 heavy (non-hydrogen) atoms. The Bertz CT molecular complexity index is 976. The van der Waals surface area contributed by atoms with Crippen LogP contribution in [0, 0.1) is 17.0 Å². The molecular weight excluding hydrogens is 358 g/mol. The van der Waals surface area contributed by atoms with Crippen LogP contribution in [0.2, 0.25) is 0 Å². The fraction of sp³-hybridized carbons (Fsp3) is 0.176. The lowest BCUT2D eigenvalue weighted by molar-refractivity contribution is -0.480. The molecule has 1 unspecified atom stereocenters. The van der Waals surface area contributed by atoms with Gasteiger partial charge in [-0.2, -0.15) is 0 Å². The molecule has 4 N–H and O–H groups in total. The van der Waals surface area contributed by atoms with Gasteiger partial charge in [-0.15, -0.1) is 0 Å². The summed E-state index contributed by atoms with van der Waals surface area (Å²) in [6.07, 6.45) is 1.33. The highest BCUT2D eigenvalue weighted by Crippen LogP contribution is 2.29. The number of hydrogen-bond donors (Lipinski definition) is 2. The van der Waals surface area contributed by atoms with Crippen molar-refractivity contribution < 1.29 is 23.6 Å². The summed E-state index contributed by atoms with van der Waals surface area (Å²) in [6, 6.07) is 14.8. The van der Waals surface area contributed by atoms with Gasteiger partial charge in [0.15, 0.2) is 0 Å². The molecule has 138 valence electrons. The summed E-state index contributed by atoms with van der Waals surface area (Å²) >= 11 is 0. The van der Waals surface area contributed by atoms with Crippen molar-refractivity contribution in [3.63, 3.8) is 0 Å². The van der Waals surface area contributed by atoms with Gasteiger partial charge < -0.3 is 15.3 Å². The number of nitrogens with one attached hydrogen (secondary N) is 1. The fourth-order valence-electron chi connectivity index (χ4n) is 2.43. The van der Waals surface area contributed by atoms with Crippen LogP contribution in [0.3, 0.4) is 0 Å². The lowest BCUT2D eigenvalue weighted by atomic mass is 10.1. The van der Waals surface area contributed by atoms with Crippen molar-refractivity contribution in [3.8, 4) is 0 Å². The van der Waals surface area contributed by atoms with E-state index < -0.39 is 26.8 Å². The molecule has 3 rings (SSSR count). The maximum Gasteiger partial charge on any atom is 0.223 e. The lowest BCUT2D eigenvalue weighted by Gasteiger charge is -2.16. The third-order valence-corrected chi connectivity index (χ3v) is 4.85. The van der Waals surface area contributed by atoms with Crippen LogP contribution in [-0.4, -0.2) is 29.4 Å². The Morgan fingerprint density at radius 2 is 1.77 bits per heavy atom. The Morgan fingerprint density at radius 3 is 2.31 bits per heavy atom. The number of aromatic amines is 1. The van der Waals surface area contributed by atoms with E-state index in [1.165, 1.54) is 11.8 Å². The number of fused-ring (bicyclic) bond motifs is 1. The van der Waals surface area contributed by atoms with Crippen molar-refractivity contribution in [2.45, 2.75) is 12.2 Å². The van der Waals surface area contributed by atoms with E-state index in [0.29, 0.717) is 10.9 Å². The average molecular weight is 377 g/mol. The second-order valence-electron chi connectivity index (χ2n) is 5.77. The predicted molar refractivity (Wildman–Crippen MR) is 96.3 cm³/mol. The number of para-hydroxylation sites is 1. The zero-order valence-corrected chi connectivity index (χ0v) is 14.9. The molecule has 2 aromatic carbocycles. The SMILES string of the molecule is Cc1ccc([NH3+])cc1.O=[N+]([O-])CC(c1c[nH]c2ccccc12)S(=O)(=O)[O-]. The molecule has 9 heteroatoms. The number of aromatic nitrogens is 1. The van der Waals surface area contributed by atoms with Gasteiger partial charge in [0.05, 0.1) is 0 Å². The molecule has 3 aromatic rings. The van der Waals surface area contributed by atoms with E-state index in [1.807, 2.05) is 12.1 Å². The highest BCUT2D eigenvalue weighted by atomic mass is 32.2. The van der Waals surface area contributed by atoms with Gasteiger partial charge >= 0.3 is 0 Å². The first-order valence-corrected chi connectivity index (χ1v) is 9.17. The zero-order valence-electron chi connectivity index (χ0n) is 14.1. The third kappa shape index (κ3) is 5.12. The fourth-order valence-corrected chi connectivity index (χ4v) is 3.24. The number of nitrogens with zero attached hydrogens (tertiary/aromatic N) is 1. The molecule has 0 radical (unpaired) electrons. The average Bonchev–Trinajstić information content (AvgIpc) is 2.98. The minimum atomic E-state index is -4.79. The molecule has 0 aliphatic carbocycles. The minimum Gasteiger partial charge on any atom is -0.747 e. The molecule has 1 atom stereocenters. The predicted octanol–water partition coefficient (Wildman–Crippen LogP) is 1.90. The van der Waals surface area contributed by atoms with Crippen molar-refractivity contribution in [1.82, 2.24) is 4.98 Å². The molecule has 0 bridgehead atoms. The molecule has 0 spiro atoms. The van der Waals surface area contributed by atoms with Gasteiger partial charge in [-0.3, -0.25) is 10.1 Å². The summed E-state index contributed by atoms with van der Waals surface area (Å²) in [5.74, 6) is 0. The topological polar surface area (TPSA) is 144 Å². The van der Waals surface area contributed by atoms with E-state index in [9.17, 15) is 23.1 Å². The van der Waals surface area contributed by atoms with E-state index in [1.54, 1.807) is 24.3 Å². The molecule has 0 amide bonds. The normalized spacial score (nSPS) is 12.3. The molecular formula is C17H19N3O5S. The van der Waals surface area contributed by atoms with E-state index in [0.717, 1.165) is 5.69 Å². The summed E-state index contributed by atoms with van der Waals surface area (Å²) in [5.41, 5.74) is 6.90. The van der Waals surface area contributed by atoms with Crippen LogP contribution >= 0.6 is 0 Å². The first-order chi connectivity index (χ1) is 12.2. The highest BCUT2D eigenvalue weighted by molar-refractivity contribution is 7.86. The Balaban J connectivity index is 0.000000254. The Morgan fingerprint density at radius 1 is 1.15 bits per heavy atom. The summed E-state index contributed by atoms with van der Waals surface area (Å²) in [5, 5.41) is 9.31. The molecule has 0 aliphatic rings. The Kier molecular flexibility index (Phi) is 6.09.